The van der Waals surface area contributed by atoms with Crippen LogP contribution in [0.1, 0.15) is 11.1 Å². The van der Waals surface area contributed by atoms with E-state index >= 15 is 0 Å². The van der Waals surface area contributed by atoms with E-state index in [-0.39, 0.29) is 18.9 Å². The normalized spacial score (nSPS) is 11.5. The van der Waals surface area contributed by atoms with Crippen LogP contribution in [0.3, 0.4) is 0 Å². The number of aryl methyl sites for hydroxylation is 1. The lowest BCUT2D eigenvalue weighted by Gasteiger charge is -2.07. The fourth-order valence-corrected chi connectivity index (χ4v) is 4.04. The van der Waals surface area contributed by atoms with Crippen molar-refractivity contribution >= 4 is 33.4 Å². The smallest absolute Gasteiger partial charge is 0.325 e. The van der Waals surface area contributed by atoms with Crippen LogP contribution in [0.5, 0.6) is 11.5 Å². The van der Waals surface area contributed by atoms with Crippen molar-refractivity contribution in [2.45, 2.75) is 19.9 Å². The van der Waals surface area contributed by atoms with Gasteiger partial charge in [0.1, 0.15) is 18.0 Å². The molecule has 0 aliphatic carbocycles. The number of hydrogen-bond acceptors (Lipinski definition) is 6. The van der Waals surface area contributed by atoms with Gasteiger partial charge in [0, 0.05) is 5.56 Å². The first-order chi connectivity index (χ1) is 13.9. The molecule has 0 bridgehead atoms. The predicted molar refractivity (Wildman–Crippen MR) is 110 cm³/mol. The van der Waals surface area contributed by atoms with Gasteiger partial charge < -0.3 is 18.8 Å². The third kappa shape index (κ3) is 4.65. The van der Waals surface area contributed by atoms with Crippen LogP contribution >= 0.6 is 11.3 Å². The average molecular weight is 414 g/mol. The quantitative estimate of drug-likeness (QED) is 0.580. The van der Waals surface area contributed by atoms with Gasteiger partial charge in [-0.05, 0) is 31.2 Å². The number of ether oxygens (including phenoxy) is 3. The Bertz CT molecular complexity index is 1130. The van der Waals surface area contributed by atoms with Gasteiger partial charge in [-0.3, -0.25) is 9.59 Å². The first-order valence-electron chi connectivity index (χ1n) is 8.90. The summed E-state index contributed by atoms with van der Waals surface area (Å²) in [6.07, 6.45) is 0.0979. The number of carbonyl (C=O) groups is 2. The molecule has 0 atom stereocenters. The summed E-state index contributed by atoms with van der Waals surface area (Å²) in [4.78, 5) is 29.3. The Labute approximate surface area is 172 Å². The van der Waals surface area contributed by atoms with Crippen LogP contribution in [-0.2, 0) is 27.3 Å². The molecular formula is C21H22N2O5S. The zero-order chi connectivity index (χ0) is 21.0. The number of aromatic nitrogens is 1. The van der Waals surface area contributed by atoms with E-state index in [1.165, 1.54) is 18.4 Å². The molecule has 0 unspecified atom stereocenters. The summed E-state index contributed by atoms with van der Waals surface area (Å²) >= 11 is 1.31. The fourth-order valence-electron chi connectivity index (χ4n) is 2.97. The van der Waals surface area contributed by atoms with Crippen LogP contribution in [0.15, 0.2) is 41.4 Å². The number of carbonyl (C=O) groups excluding carboxylic acids is 2. The van der Waals surface area contributed by atoms with Crippen molar-refractivity contribution in [3.8, 4) is 11.5 Å². The van der Waals surface area contributed by atoms with E-state index in [0.717, 1.165) is 21.3 Å². The maximum Gasteiger partial charge on any atom is 0.325 e. The monoisotopic (exact) mass is 414 g/mol. The van der Waals surface area contributed by atoms with Gasteiger partial charge in [-0.25, -0.2) is 0 Å². The molecule has 0 saturated carbocycles. The molecule has 0 aliphatic rings. The van der Waals surface area contributed by atoms with Crippen LogP contribution in [-0.4, -0.2) is 37.8 Å². The molecule has 7 nitrogen and oxygen atoms in total. The van der Waals surface area contributed by atoms with Crippen LogP contribution in [0.4, 0.5) is 0 Å². The molecule has 0 radical (unpaired) electrons. The summed E-state index contributed by atoms with van der Waals surface area (Å²) in [5.41, 5.74) is 2.58. The number of methoxy groups -OCH3 is 3. The van der Waals surface area contributed by atoms with E-state index in [1.807, 2.05) is 37.3 Å². The molecular weight excluding hydrogens is 392 g/mol. The average Bonchev–Trinajstić information content (AvgIpc) is 3.03. The molecule has 2 aromatic carbocycles. The van der Waals surface area contributed by atoms with E-state index in [4.69, 9.17) is 14.2 Å². The summed E-state index contributed by atoms with van der Waals surface area (Å²) in [6.45, 7) is 1.91. The molecule has 8 heteroatoms. The number of hydrogen-bond donors (Lipinski definition) is 0. The summed E-state index contributed by atoms with van der Waals surface area (Å²) in [6, 6.07) is 11.1. The molecule has 1 aromatic heterocycles. The van der Waals surface area contributed by atoms with Crippen LogP contribution in [0, 0.1) is 6.92 Å². The topological polar surface area (TPSA) is 79.1 Å². The zero-order valence-corrected chi connectivity index (χ0v) is 17.5. The van der Waals surface area contributed by atoms with Gasteiger partial charge >= 0.3 is 5.97 Å². The first-order valence-corrected chi connectivity index (χ1v) is 9.72. The third-order valence-electron chi connectivity index (χ3n) is 4.40. The maximum absolute atomic E-state index is 12.7. The Morgan fingerprint density at radius 2 is 1.86 bits per heavy atom. The number of thiazole rings is 1. The largest absolute Gasteiger partial charge is 0.497 e. The van der Waals surface area contributed by atoms with Gasteiger partial charge in [-0.2, -0.15) is 4.99 Å². The van der Waals surface area contributed by atoms with Crippen molar-refractivity contribution in [3.63, 3.8) is 0 Å². The molecule has 3 rings (SSSR count). The van der Waals surface area contributed by atoms with Gasteiger partial charge in [0.05, 0.1) is 38.0 Å². The number of nitrogens with zero attached hydrogens (tertiary/aromatic N) is 2. The standard InChI is InChI=1S/C21H22N2O5S/c1-13-5-8-17(27-3)14(9-13)10-19(24)22-21-23(12-20(25)28-4)16-7-6-15(26-2)11-18(16)29-21/h5-9,11H,10,12H2,1-4H3. The highest BCUT2D eigenvalue weighted by molar-refractivity contribution is 7.16. The lowest BCUT2D eigenvalue weighted by atomic mass is 10.1. The van der Waals surface area contributed by atoms with E-state index in [2.05, 4.69) is 4.99 Å². The van der Waals surface area contributed by atoms with Gasteiger partial charge in [-0.1, -0.05) is 29.0 Å². The summed E-state index contributed by atoms with van der Waals surface area (Å²) in [7, 11) is 4.48. The van der Waals surface area contributed by atoms with E-state index in [9.17, 15) is 9.59 Å². The second-order valence-electron chi connectivity index (χ2n) is 6.38. The molecule has 0 spiro atoms. The number of esters is 1. The highest BCUT2D eigenvalue weighted by atomic mass is 32.1. The highest BCUT2D eigenvalue weighted by Gasteiger charge is 2.14. The molecule has 29 heavy (non-hydrogen) atoms. The molecule has 3 aromatic rings. The lowest BCUT2D eigenvalue weighted by Crippen LogP contribution is -2.22. The Morgan fingerprint density at radius 3 is 2.55 bits per heavy atom. The Hall–Kier alpha value is -3.13. The summed E-state index contributed by atoms with van der Waals surface area (Å²) in [5, 5.41) is 0. The van der Waals surface area contributed by atoms with Crippen LogP contribution < -0.4 is 14.3 Å². The SMILES string of the molecule is COC(=O)Cn1c(=NC(=O)Cc2cc(C)ccc2OC)sc2cc(OC)ccc21. The highest BCUT2D eigenvalue weighted by Crippen LogP contribution is 2.24. The zero-order valence-electron chi connectivity index (χ0n) is 16.7. The molecule has 1 heterocycles. The van der Waals surface area contributed by atoms with E-state index in [0.29, 0.717) is 16.3 Å². The maximum atomic E-state index is 12.7. The number of benzene rings is 2. The van der Waals surface area contributed by atoms with Gasteiger partial charge in [-0.15, -0.1) is 0 Å². The second-order valence-corrected chi connectivity index (χ2v) is 7.39. The first kappa shape index (κ1) is 20.6. The van der Waals surface area contributed by atoms with Crippen molar-refractivity contribution in [2.75, 3.05) is 21.3 Å². The Morgan fingerprint density at radius 1 is 1.07 bits per heavy atom. The van der Waals surface area contributed by atoms with Gasteiger partial charge in [0.15, 0.2) is 4.80 Å². The minimum atomic E-state index is -0.422. The molecule has 152 valence electrons. The van der Waals surface area contributed by atoms with Crippen molar-refractivity contribution in [1.29, 1.82) is 0 Å². The van der Waals surface area contributed by atoms with Gasteiger partial charge in [0.2, 0.25) is 0 Å². The van der Waals surface area contributed by atoms with Crippen molar-refractivity contribution in [1.82, 2.24) is 4.57 Å². The van der Waals surface area contributed by atoms with Crippen molar-refractivity contribution in [2.24, 2.45) is 4.99 Å². The summed E-state index contributed by atoms with van der Waals surface area (Å²) in [5.74, 6) is 0.579. The minimum Gasteiger partial charge on any atom is -0.497 e. The van der Waals surface area contributed by atoms with Crippen LogP contribution in [0.2, 0.25) is 0 Å². The van der Waals surface area contributed by atoms with Gasteiger partial charge in [0.25, 0.3) is 5.91 Å². The number of rotatable bonds is 6. The summed E-state index contributed by atoms with van der Waals surface area (Å²) < 4.78 is 17.9. The fraction of sp³-hybridized carbons (Fsp3) is 0.286. The third-order valence-corrected chi connectivity index (χ3v) is 5.44. The molecule has 0 fully saturated rings. The molecule has 0 N–H and O–H groups in total. The molecule has 0 aliphatic heterocycles. The Kier molecular flexibility index (Phi) is 6.33. The Balaban J connectivity index is 2.03. The van der Waals surface area contributed by atoms with E-state index < -0.39 is 5.97 Å². The van der Waals surface area contributed by atoms with Crippen LogP contribution in [0.25, 0.3) is 10.2 Å². The number of fused-ring (bicyclic) bond motifs is 1. The van der Waals surface area contributed by atoms with Crippen molar-refractivity contribution < 1.29 is 23.8 Å². The minimum absolute atomic E-state index is 0.0390. The molecule has 1 amide bonds. The predicted octanol–water partition coefficient (Wildman–Crippen LogP) is 2.87. The molecule has 0 saturated heterocycles. The lowest BCUT2D eigenvalue weighted by molar-refractivity contribution is -0.141. The van der Waals surface area contributed by atoms with E-state index in [1.54, 1.807) is 24.9 Å². The number of amides is 1. The second kappa shape index (κ2) is 8.91. The van der Waals surface area contributed by atoms with Crippen molar-refractivity contribution in [3.05, 3.63) is 52.3 Å².